The van der Waals surface area contributed by atoms with Crippen LogP contribution in [0.3, 0.4) is 0 Å². The van der Waals surface area contributed by atoms with Crippen LogP contribution in [0.4, 0.5) is 0 Å². The van der Waals surface area contributed by atoms with E-state index < -0.39 is 6.10 Å². The van der Waals surface area contributed by atoms with Crippen LogP contribution in [0.15, 0.2) is 42.5 Å². The van der Waals surface area contributed by atoms with Crippen molar-refractivity contribution in [3.8, 4) is 0 Å². The quantitative estimate of drug-likeness (QED) is 0.265. The fraction of sp³-hybridized carbons (Fsp3) is 0.615. The third kappa shape index (κ3) is 9.26. The van der Waals surface area contributed by atoms with Gasteiger partial charge in [-0.2, -0.15) is 0 Å². The molecule has 0 aromatic heterocycles. The number of rotatable bonds is 14. The number of hydrogen-bond donors (Lipinski definition) is 1. The maximum Gasteiger partial charge on any atom is 0.305 e. The van der Waals surface area contributed by atoms with Gasteiger partial charge < -0.3 is 14.7 Å². The first kappa shape index (κ1) is 25.1. The Morgan fingerprint density at radius 1 is 1.19 bits per heavy atom. The minimum Gasteiger partial charge on any atom is -0.469 e. The first-order chi connectivity index (χ1) is 15.0. The first-order valence-corrected chi connectivity index (χ1v) is 11.8. The van der Waals surface area contributed by atoms with Crippen LogP contribution in [-0.4, -0.2) is 47.7 Å². The van der Waals surface area contributed by atoms with E-state index in [1.165, 1.54) is 12.7 Å². The Hall–Kier alpha value is -2.14. The number of ether oxygens (including phenoxy) is 1. The molecule has 0 bridgehead atoms. The lowest BCUT2D eigenvalue weighted by molar-refractivity contribution is -0.140. The fourth-order valence-electron chi connectivity index (χ4n) is 4.13. The number of esters is 1. The van der Waals surface area contributed by atoms with E-state index in [1.54, 1.807) is 0 Å². The highest BCUT2D eigenvalue weighted by Crippen LogP contribution is 2.22. The Morgan fingerprint density at radius 3 is 2.68 bits per heavy atom. The molecule has 172 valence electrons. The first-order valence-electron chi connectivity index (χ1n) is 11.8. The van der Waals surface area contributed by atoms with Gasteiger partial charge in [-0.25, -0.2) is 0 Å². The molecule has 3 atom stereocenters. The van der Waals surface area contributed by atoms with Crippen LogP contribution in [0, 0.1) is 5.92 Å². The average molecular weight is 430 g/mol. The summed E-state index contributed by atoms with van der Waals surface area (Å²) in [4.78, 5) is 25.3. The number of hydrogen-bond acceptors (Lipinski definition) is 4. The van der Waals surface area contributed by atoms with Crippen molar-refractivity contribution in [1.82, 2.24) is 4.90 Å². The molecule has 1 aliphatic rings. The summed E-state index contributed by atoms with van der Waals surface area (Å²) in [5, 5.41) is 10.5. The van der Waals surface area contributed by atoms with E-state index in [1.807, 2.05) is 23.1 Å². The third-order valence-electron chi connectivity index (χ3n) is 6.21. The molecule has 2 rings (SSSR count). The van der Waals surface area contributed by atoms with Crippen LogP contribution >= 0.6 is 0 Å². The largest absolute Gasteiger partial charge is 0.469 e. The molecule has 1 unspecified atom stereocenters. The molecule has 1 aliphatic heterocycles. The van der Waals surface area contributed by atoms with E-state index in [0.29, 0.717) is 12.8 Å². The molecule has 0 spiro atoms. The number of aliphatic hydroxyl groups excluding tert-OH is 1. The molecule has 1 aromatic carbocycles. The van der Waals surface area contributed by atoms with Gasteiger partial charge >= 0.3 is 5.97 Å². The molecule has 1 saturated heterocycles. The second kappa shape index (κ2) is 14.0. The van der Waals surface area contributed by atoms with Gasteiger partial charge in [0.15, 0.2) is 0 Å². The lowest BCUT2D eigenvalue weighted by Crippen LogP contribution is -2.33. The highest BCUT2D eigenvalue weighted by atomic mass is 16.5. The Kier molecular flexibility index (Phi) is 11.4. The van der Waals surface area contributed by atoms with Gasteiger partial charge in [-0.1, -0.05) is 62.2 Å². The zero-order valence-electron chi connectivity index (χ0n) is 19.2. The molecule has 1 aromatic rings. The van der Waals surface area contributed by atoms with Crippen LogP contribution < -0.4 is 0 Å². The normalized spacial score (nSPS) is 18.5. The molecule has 1 heterocycles. The van der Waals surface area contributed by atoms with Crippen molar-refractivity contribution in [1.29, 1.82) is 0 Å². The highest BCUT2D eigenvalue weighted by Gasteiger charge is 2.28. The van der Waals surface area contributed by atoms with Crippen LogP contribution in [0.5, 0.6) is 0 Å². The summed E-state index contributed by atoms with van der Waals surface area (Å²) >= 11 is 0. The van der Waals surface area contributed by atoms with Gasteiger partial charge in [-0.3, -0.25) is 9.59 Å². The minimum atomic E-state index is -0.480. The Balaban J connectivity index is 1.68. The van der Waals surface area contributed by atoms with Crippen LogP contribution in [0.25, 0.3) is 0 Å². The maximum absolute atomic E-state index is 12.3. The number of benzene rings is 1. The molecule has 5 heteroatoms. The molecule has 0 saturated carbocycles. The summed E-state index contributed by atoms with van der Waals surface area (Å²) in [6.07, 6.45) is 12.1. The van der Waals surface area contributed by atoms with Gasteiger partial charge in [0.25, 0.3) is 0 Å². The smallest absolute Gasteiger partial charge is 0.305 e. The van der Waals surface area contributed by atoms with Crippen LogP contribution in [0.1, 0.15) is 70.3 Å². The highest BCUT2D eigenvalue weighted by molar-refractivity contribution is 5.79. The number of aliphatic hydroxyl groups is 1. The van der Waals surface area contributed by atoms with Gasteiger partial charge in [-0.05, 0) is 50.0 Å². The number of carbonyl (C=O) groups is 2. The van der Waals surface area contributed by atoms with Gasteiger partial charge in [0.2, 0.25) is 5.91 Å². The molecule has 1 N–H and O–H groups in total. The number of unbranched alkanes of at least 4 members (excludes halogenated alkanes) is 3. The molecular formula is C26H39NO4. The summed E-state index contributed by atoms with van der Waals surface area (Å²) in [7, 11) is 1.41. The third-order valence-corrected chi connectivity index (χ3v) is 6.21. The molecule has 1 fully saturated rings. The van der Waals surface area contributed by atoms with Crippen LogP contribution in [0.2, 0.25) is 0 Å². The Labute approximate surface area is 187 Å². The number of likely N-dealkylation sites (tertiary alicyclic amines) is 1. The minimum absolute atomic E-state index is 0.0914. The predicted octanol–water partition coefficient (Wildman–Crippen LogP) is 4.68. The zero-order chi connectivity index (χ0) is 22.5. The lowest BCUT2D eigenvalue weighted by atomic mass is 9.95. The number of carbonyl (C=O) groups excluding carboxylic acids is 2. The number of methoxy groups -OCH3 is 1. The Morgan fingerprint density at radius 2 is 1.94 bits per heavy atom. The predicted molar refractivity (Wildman–Crippen MR) is 124 cm³/mol. The second-order valence-corrected chi connectivity index (χ2v) is 8.66. The molecule has 0 radical (unpaired) electrons. The van der Waals surface area contributed by atoms with E-state index in [2.05, 4.69) is 35.9 Å². The number of nitrogens with zero attached hydrogens (tertiary/aromatic N) is 1. The van der Waals surface area contributed by atoms with E-state index in [-0.39, 0.29) is 23.8 Å². The van der Waals surface area contributed by atoms with E-state index >= 15 is 0 Å². The van der Waals surface area contributed by atoms with E-state index in [9.17, 15) is 14.7 Å². The maximum atomic E-state index is 12.3. The van der Waals surface area contributed by atoms with Crippen LogP contribution in [-0.2, 0) is 20.7 Å². The van der Waals surface area contributed by atoms with Crippen molar-refractivity contribution in [2.45, 2.75) is 83.3 Å². The van der Waals surface area contributed by atoms with Crippen molar-refractivity contribution >= 4 is 11.9 Å². The average Bonchev–Trinajstić information content (AvgIpc) is 3.14. The molecule has 5 nitrogen and oxygen atoms in total. The summed E-state index contributed by atoms with van der Waals surface area (Å²) in [6, 6.07) is 10.5. The summed E-state index contributed by atoms with van der Waals surface area (Å²) in [5.41, 5.74) is 1.34. The summed E-state index contributed by atoms with van der Waals surface area (Å²) in [5.74, 6) is 0.239. The summed E-state index contributed by atoms with van der Waals surface area (Å²) in [6.45, 7) is 2.83. The SMILES string of the molecule is COC(=O)CCCCCCN1C(=O)CC[C@@H]1/C=C/[C@H](O)C(C)CCCc1ccccc1. The molecule has 0 aliphatic carbocycles. The molecule has 1 amide bonds. The van der Waals surface area contributed by atoms with Gasteiger partial charge in [-0.15, -0.1) is 0 Å². The topological polar surface area (TPSA) is 66.8 Å². The second-order valence-electron chi connectivity index (χ2n) is 8.66. The van der Waals surface area contributed by atoms with E-state index in [0.717, 1.165) is 57.9 Å². The molecular weight excluding hydrogens is 390 g/mol. The number of amides is 1. The van der Waals surface area contributed by atoms with Gasteiger partial charge in [0, 0.05) is 19.4 Å². The standard InChI is InChI=1S/C26H39NO4/c1-21(11-10-14-22-12-6-5-7-13-22)24(28)18-16-23-17-19-25(29)27(23)20-9-4-3-8-15-26(30)31-2/h5-7,12-13,16,18,21,23-24,28H,3-4,8-11,14-15,17,19-20H2,1-2H3/b18-16+/t21?,23-,24-/m0/s1. The number of aryl methyl sites for hydroxylation is 1. The van der Waals surface area contributed by atoms with Crippen molar-refractivity contribution in [2.24, 2.45) is 5.92 Å². The van der Waals surface area contributed by atoms with Gasteiger partial charge in [0.05, 0.1) is 19.3 Å². The van der Waals surface area contributed by atoms with Crippen molar-refractivity contribution < 1.29 is 19.4 Å². The van der Waals surface area contributed by atoms with Crippen molar-refractivity contribution in [3.63, 3.8) is 0 Å². The van der Waals surface area contributed by atoms with Crippen molar-refractivity contribution in [2.75, 3.05) is 13.7 Å². The monoisotopic (exact) mass is 429 g/mol. The fourth-order valence-corrected chi connectivity index (χ4v) is 4.13. The van der Waals surface area contributed by atoms with E-state index in [4.69, 9.17) is 0 Å². The summed E-state index contributed by atoms with van der Waals surface area (Å²) < 4.78 is 4.65. The molecule has 31 heavy (non-hydrogen) atoms. The van der Waals surface area contributed by atoms with Gasteiger partial charge in [0.1, 0.15) is 0 Å². The van der Waals surface area contributed by atoms with Crippen molar-refractivity contribution in [3.05, 3.63) is 48.0 Å². The lowest BCUT2D eigenvalue weighted by Gasteiger charge is -2.23. The Bertz CT molecular complexity index is 688. The zero-order valence-corrected chi connectivity index (χ0v) is 19.2.